The standard InChI is InChI=1S/C27H30N2O3/c1-3-5-8-15-32-21-13-11-19(12-14-21)16-20-17-29(4-2)18-23-25(27(30)31)22-9-6-7-10-24(22)28-26(20)23/h6-7,9-14,16H,3-5,8,15,17-18H2,1-2H3,(H,30,31)/b20-16-. The molecule has 166 valence electrons. The molecular weight excluding hydrogens is 400 g/mol. The molecule has 3 aromatic rings. The molecule has 0 amide bonds. The van der Waals surface area contributed by atoms with E-state index in [2.05, 4.69) is 24.8 Å². The van der Waals surface area contributed by atoms with Crippen molar-refractivity contribution >= 4 is 28.5 Å². The fourth-order valence-corrected chi connectivity index (χ4v) is 4.25. The van der Waals surface area contributed by atoms with E-state index in [1.807, 2.05) is 48.5 Å². The largest absolute Gasteiger partial charge is 0.494 e. The van der Waals surface area contributed by atoms with Crippen molar-refractivity contribution in [3.8, 4) is 5.75 Å². The Balaban J connectivity index is 1.71. The van der Waals surface area contributed by atoms with Crippen molar-refractivity contribution in [1.82, 2.24) is 9.88 Å². The predicted octanol–water partition coefficient (Wildman–Crippen LogP) is 5.88. The van der Waals surface area contributed by atoms with Crippen molar-refractivity contribution < 1.29 is 14.6 Å². The number of carbonyl (C=O) groups is 1. The number of carboxylic acid groups (broad SMARTS) is 1. The fraction of sp³-hybridized carbons (Fsp3) is 0.333. The number of para-hydroxylation sites is 1. The molecule has 1 aliphatic heterocycles. The summed E-state index contributed by atoms with van der Waals surface area (Å²) in [6.07, 6.45) is 5.54. The maximum Gasteiger partial charge on any atom is 0.336 e. The quantitative estimate of drug-likeness (QED) is 0.452. The van der Waals surface area contributed by atoms with Crippen LogP contribution in [0.5, 0.6) is 5.75 Å². The Morgan fingerprint density at radius 3 is 2.59 bits per heavy atom. The second-order valence-electron chi connectivity index (χ2n) is 8.23. The van der Waals surface area contributed by atoms with Gasteiger partial charge in [-0.05, 0) is 48.4 Å². The summed E-state index contributed by atoms with van der Waals surface area (Å²) in [5.41, 5.74) is 4.77. The molecule has 0 radical (unpaired) electrons. The predicted molar refractivity (Wildman–Crippen MR) is 129 cm³/mol. The highest BCUT2D eigenvalue weighted by atomic mass is 16.5. The molecule has 32 heavy (non-hydrogen) atoms. The summed E-state index contributed by atoms with van der Waals surface area (Å²) >= 11 is 0. The molecule has 0 fully saturated rings. The Bertz CT molecular complexity index is 1140. The maximum atomic E-state index is 12.2. The number of hydrogen-bond donors (Lipinski definition) is 1. The van der Waals surface area contributed by atoms with Gasteiger partial charge in [0.2, 0.25) is 0 Å². The third-order valence-electron chi connectivity index (χ3n) is 5.97. The zero-order chi connectivity index (χ0) is 22.5. The minimum atomic E-state index is -0.901. The number of aromatic nitrogens is 1. The van der Waals surface area contributed by atoms with E-state index in [4.69, 9.17) is 9.72 Å². The summed E-state index contributed by atoms with van der Waals surface area (Å²) < 4.78 is 5.83. The lowest BCUT2D eigenvalue weighted by Gasteiger charge is -2.30. The van der Waals surface area contributed by atoms with Crippen molar-refractivity contribution in [1.29, 1.82) is 0 Å². The van der Waals surface area contributed by atoms with Gasteiger partial charge in [-0.25, -0.2) is 9.78 Å². The number of fused-ring (bicyclic) bond motifs is 2. The molecule has 2 heterocycles. The molecule has 0 saturated carbocycles. The van der Waals surface area contributed by atoms with E-state index in [0.29, 0.717) is 17.5 Å². The first-order valence-corrected chi connectivity index (χ1v) is 11.4. The van der Waals surface area contributed by atoms with Crippen molar-refractivity contribution in [3.63, 3.8) is 0 Å². The molecule has 5 nitrogen and oxygen atoms in total. The Hall–Kier alpha value is -3.18. The number of nitrogens with zero attached hydrogens (tertiary/aromatic N) is 2. The molecule has 0 spiro atoms. The molecule has 2 aromatic carbocycles. The average Bonchev–Trinajstić information content (AvgIpc) is 2.81. The molecule has 0 unspecified atom stereocenters. The Morgan fingerprint density at radius 2 is 1.88 bits per heavy atom. The van der Waals surface area contributed by atoms with Gasteiger partial charge in [0.1, 0.15) is 5.75 Å². The number of aromatic carboxylic acids is 1. The highest BCUT2D eigenvalue weighted by molar-refractivity contribution is 6.06. The van der Waals surface area contributed by atoms with Gasteiger partial charge in [-0.3, -0.25) is 4.90 Å². The lowest BCUT2D eigenvalue weighted by molar-refractivity contribution is 0.0696. The van der Waals surface area contributed by atoms with Gasteiger partial charge < -0.3 is 9.84 Å². The normalized spacial score (nSPS) is 15.1. The summed E-state index contributed by atoms with van der Waals surface area (Å²) in [7, 11) is 0. The lowest BCUT2D eigenvalue weighted by Crippen LogP contribution is -2.31. The van der Waals surface area contributed by atoms with Gasteiger partial charge >= 0.3 is 5.97 Å². The van der Waals surface area contributed by atoms with Crippen LogP contribution in [0, 0.1) is 0 Å². The molecule has 5 heteroatoms. The minimum Gasteiger partial charge on any atom is -0.494 e. The smallest absolute Gasteiger partial charge is 0.336 e. The zero-order valence-electron chi connectivity index (χ0n) is 18.8. The van der Waals surface area contributed by atoms with Crippen LogP contribution in [0.1, 0.15) is 60.3 Å². The van der Waals surface area contributed by atoms with E-state index < -0.39 is 5.97 Å². The molecule has 1 N–H and O–H groups in total. The van der Waals surface area contributed by atoms with Crippen LogP contribution in [0.25, 0.3) is 22.6 Å². The first-order valence-electron chi connectivity index (χ1n) is 11.4. The number of ether oxygens (including phenoxy) is 1. The number of unbranched alkanes of at least 4 members (excludes halogenated alkanes) is 2. The van der Waals surface area contributed by atoms with Crippen molar-refractivity contribution in [2.45, 2.75) is 39.7 Å². The van der Waals surface area contributed by atoms with Crippen LogP contribution in [-0.4, -0.2) is 40.7 Å². The summed E-state index contributed by atoms with van der Waals surface area (Å²) in [5, 5.41) is 10.7. The van der Waals surface area contributed by atoms with Gasteiger partial charge in [0, 0.05) is 24.0 Å². The Kier molecular flexibility index (Phi) is 6.86. The molecular formula is C27H30N2O3. The summed E-state index contributed by atoms with van der Waals surface area (Å²) in [4.78, 5) is 19.4. The summed E-state index contributed by atoms with van der Waals surface area (Å²) in [6.45, 7) is 7.19. The van der Waals surface area contributed by atoms with Crippen molar-refractivity contribution in [3.05, 3.63) is 70.9 Å². The number of rotatable bonds is 8. The topological polar surface area (TPSA) is 62.7 Å². The van der Waals surface area contributed by atoms with E-state index in [-0.39, 0.29) is 0 Å². The molecule has 4 rings (SSSR count). The first-order chi connectivity index (χ1) is 15.6. The number of hydrogen-bond acceptors (Lipinski definition) is 4. The molecule has 0 atom stereocenters. The van der Waals surface area contributed by atoms with E-state index in [1.165, 1.54) is 12.8 Å². The van der Waals surface area contributed by atoms with E-state index >= 15 is 0 Å². The monoisotopic (exact) mass is 430 g/mol. The second-order valence-corrected chi connectivity index (χ2v) is 8.23. The van der Waals surface area contributed by atoms with E-state index in [9.17, 15) is 9.90 Å². The van der Waals surface area contributed by atoms with Gasteiger partial charge in [-0.2, -0.15) is 0 Å². The third kappa shape index (κ3) is 4.68. The number of benzene rings is 2. The van der Waals surface area contributed by atoms with Gasteiger partial charge in [0.05, 0.1) is 23.4 Å². The van der Waals surface area contributed by atoms with Crippen LogP contribution in [0.4, 0.5) is 0 Å². The van der Waals surface area contributed by atoms with Gasteiger partial charge in [-0.1, -0.05) is 57.0 Å². The minimum absolute atomic E-state index is 0.366. The van der Waals surface area contributed by atoms with Crippen LogP contribution < -0.4 is 4.74 Å². The van der Waals surface area contributed by atoms with E-state index in [0.717, 1.165) is 59.8 Å². The third-order valence-corrected chi connectivity index (χ3v) is 5.97. The summed E-state index contributed by atoms with van der Waals surface area (Å²) in [6, 6.07) is 15.6. The van der Waals surface area contributed by atoms with Crippen LogP contribution in [0.15, 0.2) is 48.5 Å². The van der Waals surface area contributed by atoms with Crippen molar-refractivity contribution in [2.75, 3.05) is 19.7 Å². The summed E-state index contributed by atoms with van der Waals surface area (Å²) in [5.74, 6) is -0.0264. The van der Waals surface area contributed by atoms with Gasteiger partial charge in [0.15, 0.2) is 0 Å². The highest BCUT2D eigenvalue weighted by Crippen LogP contribution is 2.34. The van der Waals surface area contributed by atoms with Gasteiger partial charge in [0.25, 0.3) is 0 Å². The molecule has 0 saturated heterocycles. The molecule has 1 aliphatic rings. The number of carboxylic acids is 1. The molecule has 0 aliphatic carbocycles. The second kappa shape index (κ2) is 9.96. The Labute approximate surface area is 189 Å². The molecule has 1 aromatic heterocycles. The van der Waals surface area contributed by atoms with Crippen LogP contribution in [-0.2, 0) is 6.54 Å². The lowest BCUT2D eigenvalue weighted by atomic mass is 9.92. The number of pyridine rings is 1. The van der Waals surface area contributed by atoms with Crippen molar-refractivity contribution in [2.24, 2.45) is 0 Å². The van der Waals surface area contributed by atoms with Crippen LogP contribution in [0.3, 0.4) is 0 Å². The van der Waals surface area contributed by atoms with E-state index in [1.54, 1.807) is 0 Å². The van der Waals surface area contributed by atoms with Gasteiger partial charge in [-0.15, -0.1) is 0 Å². The van der Waals surface area contributed by atoms with Crippen LogP contribution >= 0.6 is 0 Å². The van der Waals surface area contributed by atoms with Crippen LogP contribution in [0.2, 0.25) is 0 Å². The highest BCUT2D eigenvalue weighted by Gasteiger charge is 2.27. The Morgan fingerprint density at radius 1 is 1.09 bits per heavy atom. The number of likely N-dealkylation sites (N-methyl/N-ethyl adjacent to an activating group) is 1. The molecule has 0 bridgehead atoms. The SMILES string of the molecule is CCCCCOc1ccc(/C=C2/CN(CC)Cc3c2nc2ccccc2c3C(=O)O)cc1. The average molecular weight is 431 g/mol. The zero-order valence-corrected chi connectivity index (χ0v) is 18.8. The maximum absolute atomic E-state index is 12.2. The first kappa shape index (κ1) is 22.0. The fourth-order valence-electron chi connectivity index (χ4n) is 4.25.